The van der Waals surface area contributed by atoms with Crippen LogP contribution in [0.25, 0.3) is 0 Å². The number of ether oxygens (including phenoxy) is 1. The fourth-order valence-electron chi connectivity index (χ4n) is 1.82. The van der Waals surface area contributed by atoms with Crippen LogP contribution in [0.2, 0.25) is 0 Å². The molecule has 1 aliphatic rings. The van der Waals surface area contributed by atoms with E-state index in [1.54, 1.807) is 0 Å². The molecular formula is C12H13BrN2O4. The van der Waals surface area contributed by atoms with Gasteiger partial charge < -0.3 is 20.9 Å². The minimum Gasteiger partial charge on any atom is -0.478 e. The fourth-order valence-corrected chi connectivity index (χ4v) is 2.29. The number of hydrogen-bond donors (Lipinski definition) is 3. The maximum atomic E-state index is 12.0. The minimum absolute atomic E-state index is 0.144. The smallest absolute Gasteiger partial charge is 0.335 e. The Bertz CT molecular complexity index is 520. The van der Waals surface area contributed by atoms with Gasteiger partial charge in [0.2, 0.25) is 5.91 Å². The second-order valence-electron chi connectivity index (χ2n) is 4.30. The molecule has 4 N–H and O–H groups in total. The van der Waals surface area contributed by atoms with Crippen molar-refractivity contribution in [2.24, 2.45) is 11.7 Å². The van der Waals surface area contributed by atoms with Crippen molar-refractivity contribution in [3.05, 3.63) is 28.2 Å². The number of nitrogens with two attached hydrogens (primary N) is 1. The molecular weight excluding hydrogens is 316 g/mol. The molecule has 6 nitrogen and oxygen atoms in total. The van der Waals surface area contributed by atoms with Gasteiger partial charge in [0.15, 0.2) is 0 Å². The van der Waals surface area contributed by atoms with Gasteiger partial charge in [-0.05, 0) is 34.1 Å². The van der Waals surface area contributed by atoms with E-state index in [4.69, 9.17) is 15.6 Å². The van der Waals surface area contributed by atoms with Crippen molar-refractivity contribution in [1.29, 1.82) is 0 Å². The van der Waals surface area contributed by atoms with Gasteiger partial charge >= 0.3 is 5.97 Å². The van der Waals surface area contributed by atoms with Crippen LogP contribution >= 0.6 is 15.9 Å². The minimum atomic E-state index is -1.02. The third-order valence-corrected chi connectivity index (χ3v) is 3.59. The van der Waals surface area contributed by atoms with Gasteiger partial charge in [0.05, 0.1) is 30.4 Å². The number of nitrogens with one attached hydrogen (secondary N) is 1. The van der Waals surface area contributed by atoms with E-state index < -0.39 is 5.97 Å². The fraction of sp³-hybridized carbons (Fsp3) is 0.333. The summed E-state index contributed by atoms with van der Waals surface area (Å²) in [5.74, 6) is -1.63. The lowest BCUT2D eigenvalue weighted by Gasteiger charge is -2.14. The predicted octanol–water partition coefficient (Wildman–Crippen LogP) is 1.06. The Morgan fingerprint density at radius 1 is 1.42 bits per heavy atom. The molecule has 1 heterocycles. The Hall–Kier alpha value is -1.44. The Morgan fingerprint density at radius 2 is 2.16 bits per heavy atom. The second-order valence-corrected chi connectivity index (χ2v) is 5.15. The molecule has 0 saturated carbocycles. The molecule has 1 fully saturated rings. The molecule has 2 rings (SSSR count). The summed E-state index contributed by atoms with van der Waals surface area (Å²) in [5.41, 5.74) is 6.41. The Morgan fingerprint density at radius 3 is 2.68 bits per heavy atom. The van der Waals surface area contributed by atoms with E-state index in [0.29, 0.717) is 23.4 Å². The van der Waals surface area contributed by atoms with Gasteiger partial charge in [-0.2, -0.15) is 0 Å². The first kappa shape index (κ1) is 14.0. The van der Waals surface area contributed by atoms with Gasteiger partial charge in [0.1, 0.15) is 0 Å². The van der Waals surface area contributed by atoms with Gasteiger partial charge in [-0.1, -0.05) is 0 Å². The van der Waals surface area contributed by atoms with Crippen molar-refractivity contribution >= 4 is 33.5 Å². The number of aromatic carboxylic acids is 1. The molecule has 1 aromatic carbocycles. The summed E-state index contributed by atoms with van der Waals surface area (Å²) in [4.78, 5) is 22.8. The summed E-state index contributed by atoms with van der Waals surface area (Å²) in [6.07, 6.45) is 0. The first-order valence-electron chi connectivity index (χ1n) is 5.66. The molecule has 0 bridgehead atoms. The highest BCUT2D eigenvalue weighted by atomic mass is 79.9. The summed E-state index contributed by atoms with van der Waals surface area (Å²) in [6, 6.07) is 4.08. The zero-order valence-electron chi connectivity index (χ0n) is 9.93. The topological polar surface area (TPSA) is 102 Å². The van der Waals surface area contributed by atoms with Crippen LogP contribution in [-0.2, 0) is 9.53 Å². The highest BCUT2D eigenvalue weighted by Gasteiger charge is 2.31. The number of anilines is 1. The summed E-state index contributed by atoms with van der Waals surface area (Å²) < 4.78 is 5.64. The SMILES string of the molecule is NC1COCC1C(=O)Nc1ccc(C(=O)O)cc1Br. The lowest BCUT2D eigenvalue weighted by Crippen LogP contribution is -2.37. The van der Waals surface area contributed by atoms with Crippen molar-refractivity contribution in [2.45, 2.75) is 6.04 Å². The average molecular weight is 329 g/mol. The van der Waals surface area contributed by atoms with Crippen LogP contribution in [0, 0.1) is 5.92 Å². The van der Waals surface area contributed by atoms with Gasteiger partial charge in [0, 0.05) is 10.5 Å². The first-order valence-corrected chi connectivity index (χ1v) is 6.45. The molecule has 7 heteroatoms. The van der Waals surface area contributed by atoms with E-state index in [0.717, 1.165) is 0 Å². The maximum absolute atomic E-state index is 12.0. The normalized spacial score (nSPS) is 22.2. The lowest BCUT2D eigenvalue weighted by atomic mass is 10.0. The van der Waals surface area contributed by atoms with E-state index in [2.05, 4.69) is 21.2 Å². The molecule has 102 valence electrons. The lowest BCUT2D eigenvalue weighted by molar-refractivity contribution is -0.120. The molecule has 1 amide bonds. The molecule has 0 aliphatic carbocycles. The summed E-state index contributed by atoms with van der Waals surface area (Å²) in [6.45, 7) is 0.676. The Kier molecular flexibility index (Phi) is 4.18. The molecule has 19 heavy (non-hydrogen) atoms. The zero-order chi connectivity index (χ0) is 14.0. The number of carbonyl (C=O) groups excluding carboxylic acids is 1. The average Bonchev–Trinajstić information content (AvgIpc) is 2.77. The number of hydrogen-bond acceptors (Lipinski definition) is 4. The molecule has 0 spiro atoms. The molecule has 2 atom stereocenters. The van der Waals surface area contributed by atoms with E-state index in [9.17, 15) is 9.59 Å². The van der Waals surface area contributed by atoms with Crippen molar-refractivity contribution in [3.63, 3.8) is 0 Å². The van der Waals surface area contributed by atoms with Crippen LogP contribution in [0.5, 0.6) is 0 Å². The van der Waals surface area contributed by atoms with Crippen molar-refractivity contribution in [2.75, 3.05) is 18.5 Å². The third kappa shape index (κ3) is 3.12. The van der Waals surface area contributed by atoms with E-state index in [1.807, 2.05) is 0 Å². The van der Waals surface area contributed by atoms with Gasteiger partial charge in [0.25, 0.3) is 0 Å². The van der Waals surface area contributed by atoms with E-state index >= 15 is 0 Å². The van der Waals surface area contributed by atoms with Crippen LogP contribution in [0.15, 0.2) is 22.7 Å². The molecule has 2 unspecified atom stereocenters. The quantitative estimate of drug-likeness (QED) is 0.770. The molecule has 0 radical (unpaired) electrons. The maximum Gasteiger partial charge on any atom is 0.335 e. The Balaban J connectivity index is 2.11. The number of amides is 1. The first-order chi connectivity index (χ1) is 8.99. The predicted molar refractivity (Wildman–Crippen MR) is 72.0 cm³/mol. The monoisotopic (exact) mass is 328 g/mol. The Labute approximate surface area is 118 Å². The summed E-state index contributed by atoms with van der Waals surface area (Å²) in [5, 5.41) is 11.6. The van der Waals surface area contributed by atoms with Gasteiger partial charge in [-0.3, -0.25) is 4.79 Å². The second kappa shape index (κ2) is 5.68. The van der Waals surface area contributed by atoms with Crippen molar-refractivity contribution < 1.29 is 19.4 Å². The third-order valence-electron chi connectivity index (χ3n) is 2.94. The molecule has 1 aromatic rings. The van der Waals surface area contributed by atoms with Crippen LogP contribution in [0.4, 0.5) is 5.69 Å². The molecule has 0 aromatic heterocycles. The summed E-state index contributed by atoms with van der Waals surface area (Å²) in [7, 11) is 0. The summed E-state index contributed by atoms with van der Waals surface area (Å²) >= 11 is 3.23. The van der Waals surface area contributed by atoms with Crippen LogP contribution in [0.1, 0.15) is 10.4 Å². The largest absolute Gasteiger partial charge is 0.478 e. The highest BCUT2D eigenvalue weighted by Crippen LogP contribution is 2.25. The van der Waals surface area contributed by atoms with E-state index in [1.165, 1.54) is 18.2 Å². The highest BCUT2D eigenvalue weighted by molar-refractivity contribution is 9.10. The van der Waals surface area contributed by atoms with Crippen LogP contribution in [-0.4, -0.2) is 36.2 Å². The van der Waals surface area contributed by atoms with Crippen LogP contribution in [0.3, 0.4) is 0 Å². The van der Waals surface area contributed by atoms with Crippen molar-refractivity contribution in [1.82, 2.24) is 0 Å². The zero-order valence-corrected chi connectivity index (χ0v) is 11.5. The number of benzene rings is 1. The number of carboxylic acid groups (broad SMARTS) is 1. The number of carboxylic acids is 1. The number of halogens is 1. The molecule has 1 saturated heterocycles. The molecule has 1 aliphatic heterocycles. The number of carbonyl (C=O) groups is 2. The van der Waals surface area contributed by atoms with Crippen LogP contribution < -0.4 is 11.1 Å². The van der Waals surface area contributed by atoms with Crippen molar-refractivity contribution in [3.8, 4) is 0 Å². The van der Waals surface area contributed by atoms with Gasteiger partial charge in [-0.15, -0.1) is 0 Å². The standard InChI is InChI=1S/C12H13BrN2O4/c13-8-3-6(12(17)18)1-2-10(8)15-11(16)7-4-19-5-9(7)14/h1-3,7,9H,4-5,14H2,(H,15,16)(H,17,18). The van der Waals surface area contributed by atoms with Gasteiger partial charge in [-0.25, -0.2) is 4.79 Å². The number of rotatable bonds is 3. The van der Waals surface area contributed by atoms with E-state index in [-0.39, 0.29) is 23.4 Å².